The normalized spacial score (nSPS) is 15.6. The molecule has 0 bridgehead atoms. The Morgan fingerprint density at radius 2 is 1.79 bits per heavy atom. The number of anilines is 1. The maximum absolute atomic E-state index is 12.4. The molecule has 1 fully saturated rings. The van der Waals surface area contributed by atoms with Crippen LogP contribution in [0.2, 0.25) is 0 Å². The lowest BCUT2D eigenvalue weighted by molar-refractivity contribution is 0.146. The second-order valence-electron chi connectivity index (χ2n) is 6.66. The summed E-state index contributed by atoms with van der Waals surface area (Å²) in [5.41, 5.74) is 0.807. The van der Waals surface area contributed by atoms with E-state index in [2.05, 4.69) is 17.1 Å². The largest absolute Gasteiger partial charge is 0.491 e. The molecule has 24 heavy (non-hydrogen) atoms. The van der Waals surface area contributed by atoms with E-state index in [1.54, 1.807) is 0 Å². The summed E-state index contributed by atoms with van der Waals surface area (Å²) in [4.78, 5) is 16.7. The zero-order valence-corrected chi connectivity index (χ0v) is 15.3. The molecule has 2 rings (SSSR count). The van der Waals surface area contributed by atoms with Gasteiger partial charge >= 0.3 is 6.03 Å². The quantitative estimate of drug-likeness (QED) is 0.772. The minimum atomic E-state index is -0.0132. The first kappa shape index (κ1) is 18.6. The molecule has 0 spiro atoms. The van der Waals surface area contributed by atoms with Gasteiger partial charge in [0.25, 0.3) is 0 Å². The fourth-order valence-corrected chi connectivity index (χ4v) is 2.85. The number of urea groups is 1. The molecule has 0 aliphatic carbocycles. The van der Waals surface area contributed by atoms with Crippen LogP contribution in [0.1, 0.15) is 40.0 Å². The second kappa shape index (κ2) is 9.52. The number of hydrogen-bond donors (Lipinski definition) is 1. The molecule has 134 valence electrons. The molecule has 5 nitrogen and oxygen atoms in total. The highest BCUT2D eigenvalue weighted by Gasteiger charge is 2.20. The first-order valence-electron chi connectivity index (χ1n) is 9.13. The predicted molar refractivity (Wildman–Crippen MR) is 98.8 cm³/mol. The Balaban J connectivity index is 1.75. The lowest BCUT2D eigenvalue weighted by Crippen LogP contribution is -2.50. The monoisotopic (exact) mass is 333 g/mol. The molecule has 5 heteroatoms. The smallest absolute Gasteiger partial charge is 0.321 e. The van der Waals surface area contributed by atoms with E-state index < -0.39 is 0 Å². The van der Waals surface area contributed by atoms with E-state index in [9.17, 15) is 4.79 Å². The molecule has 2 amide bonds. The number of benzene rings is 1. The van der Waals surface area contributed by atoms with Crippen LogP contribution in [-0.2, 0) is 0 Å². The number of nitrogens with zero attached hydrogens (tertiary/aromatic N) is 2. The van der Waals surface area contributed by atoms with E-state index in [-0.39, 0.29) is 12.1 Å². The summed E-state index contributed by atoms with van der Waals surface area (Å²) < 4.78 is 5.61. The Bertz CT molecular complexity index is 494. The van der Waals surface area contributed by atoms with Crippen LogP contribution in [0.4, 0.5) is 10.5 Å². The summed E-state index contributed by atoms with van der Waals surface area (Å²) >= 11 is 0. The van der Waals surface area contributed by atoms with Gasteiger partial charge in [-0.15, -0.1) is 0 Å². The fraction of sp³-hybridized carbons (Fsp3) is 0.632. The summed E-state index contributed by atoms with van der Waals surface area (Å²) in [7, 11) is 0. The molecular weight excluding hydrogens is 302 g/mol. The minimum absolute atomic E-state index is 0.0132. The third-order valence-corrected chi connectivity index (χ3v) is 4.21. The van der Waals surface area contributed by atoms with Gasteiger partial charge in [0.1, 0.15) is 5.75 Å². The summed E-state index contributed by atoms with van der Waals surface area (Å²) in [6.45, 7) is 10.9. The van der Waals surface area contributed by atoms with E-state index in [4.69, 9.17) is 4.74 Å². The Morgan fingerprint density at radius 1 is 1.12 bits per heavy atom. The number of hydrogen-bond acceptors (Lipinski definition) is 3. The van der Waals surface area contributed by atoms with Crippen molar-refractivity contribution in [2.75, 3.05) is 38.0 Å². The van der Waals surface area contributed by atoms with E-state index in [1.807, 2.05) is 43.0 Å². The van der Waals surface area contributed by atoms with Crippen LogP contribution in [0.25, 0.3) is 0 Å². The summed E-state index contributed by atoms with van der Waals surface area (Å²) in [6.07, 6.45) is 3.95. The van der Waals surface area contributed by atoms with Gasteiger partial charge in [0.2, 0.25) is 0 Å². The molecule has 1 aliphatic heterocycles. The zero-order chi connectivity index (χ0) is 17.4. The van der Waals surface area contributed by atoms with Gasteiger partial charge < -0.3 is 15.0 Å². The number of carbonyl (C=O) groups is 1. The maximum Gasteiger partial charge on any atom is 0.321 e. The molecule has 0 unspecified atom stereocenters. The van der Waals surface area contributed by atoms with E-state index >= 15 is 0 Å². The molecule has 1 heterocycles. The highest BCUT2D eigenvalue weighted by atomic mass is 16.5. The highest BCUT2D eigenvalue weighted by molar-refractivity contribution is 5.89. The van der Waals surface area contributed by atoms with Gasteiger partial charge in [-0.2, -0.15) is 0 Å². The van der Waals surface area contributed by atoms with Crippen LogP contribution >= 0.6 is 0 Å². The van der Waals surface area contributed by atoms with Crippen LogP contribution in [0.5, 0.6) is 5.75 Å². The van der Waals surface area contributed by atoms with Crippen LogP contribution in [-0.4, -0.2) is 54.7 Å². The molecule has 1 aromatic carbocycles. The second-order valence-corrected chi connectivity index (χ2v) is 6.66. The van der Waals surface area contributed by atoms with Crippen LogP contribution in [0.15, 0.2) is 24.3 Å². The van der Waals surface area contributed by atoms with Crippen molar-refractivity contribution in [3.8, 4) is 5.75 Å². The van der Waals surface area contributed by atoms with Crippen molar-refractivity contribution in [2.45, 2.75) is 46.1 Å². The molecule has 0 aromatic heterocycles. The van der Waals surface area contributed by atoms with Crippen molar-refractivity contribution in [1.82, 2.24) is 9.80 Å². The number of rotatable bonds is 7. The predicted octanol–water partition coefficient (Wildman–Crippen LogP) is 3.81. The maximum atomic E-state index is 12.4. The summed E-state index contributed by atoms with van der Waals surface area (Å²) in [5.74, 6) is 0.823. The molecule has 0 radical (unpaired) electrons. The van der Waals surface area contributed by atoms with Gasteiger partial charge in [-0.25, -0.2) is 4.79 Å². The topological polar surface area (TPSA) is 44.8 Å². The Morgan fingerprint density at radius 3 is 2.38 bits per heavy atom. The van der Waals surface area contributed by atoms with Crippen LogP contribution in [0, 0.1) is 0 Å². The van der Waals surface area contributed by atoms with Crippen molar-refractivity contribution in [3.05, 3.63) is 24.3 Å². The van der Waals surface area contributed by atoms with Gasteiger partial charge in [0, 0.05) is 31.9 Å². The Hall–Kier alpha value is -1.75. The molecule has 0 saturated carbocycles. The number of ether oxygens (including phenoxy) is 1. The van der Waals surface area contributed by atoms with Gasteiger partial charge in [-0.1, -0.05) is 19.8 Å². The first-order valence-corrected chi connectivity index (χ1v) is 9.13. The number of unbranched alkanes of at least 4 members (excludes halogenated alkanes) is 2. The molecule has 1 N–H and O–H groups in total. The molecule has 1 aromatic rings. The van der Waals surface area contributed by atoms with Crippen molar-refractivity contribution >= 4 is 11.7 Å². The van der Waals surface area contributed by atoms with Gasteiger partial charge in [0.05, 0.1) is 6.10 Å². The zero-order valence-electron chi connectivity index (χ0n) is 15.3. The molecule has 1 aliphatic rings. The van der Waals surface area contributed by atoms with Crippen molar-refractivity contribution in [1.29, 1.82) is 0 Å². The van der Waals surface area contributed by atoms with E-state index in [0.29, 0.717) is 0 Å². The van der Waals surface area contributed by atoms with E-state index in [1.165, 1.54) is 19.3 Å². The van der Waals surface area contributed by atoms with E-state index in [0.717, 1.165) is 44.2 Å². The third-order valence-electron chi connectivity index (χ3n) is 4.21. The SMILES string of the molecule is CCCCCN1CCN(C(=O)Nc2ccc(OC(C)C)cc2)CC1. The molecular formula is C19H31N3O2. The van der Waals surface area contributed by atoms with Crippen molar-refractivity contribution < 1.29 is 9.53 Å². The van der Waals surface area contributed by atoms with Gasteiger partial charge in [-0.05, 0) is 51.1 Å². The first-order chi connectivity index (χ1) is 11.6. The lowest BCUT2D eigenvalue weighted by atomic mass is 10.2. The summed E-state index contributed by atoms with van der Waals surface area (Å²) in [6, 6.07) is 7.54. The standard InChI is InChI=1S/C19H31N3O2/c1-4-5-6-11-21-12-14-22(15-13-21)19(23)20-17-7-9-18(10-8-17)24-16(2)3/h7-10,16H,4-6,11-15H2,1-3H3,(H,20,23). The van der Waals surface area contributed by atoms with Crippen LogP contribution in [0.3, 0.4) is 0 Å². The van der Waals surface area contributed by atoms with Crippen LogP contribution < -0.4 is 10.1 Å². The summed E-state index contributed by atoms with van der Waals surface area (Å²) in [5, 5.41) is 2.97. The number of piperazine rings is 1. The Labute approximate surface area is 146 Å². The lowest BCUT2D eigenvalue weighted by Gasteiger charge is -2.34. The minimum Gasteiger partial charge on any atom is -0.491 e. The Kier molecular flexibility index (Phi) is 7.37. The third kappa shape index (κ3) is 6.04. The highest BCUT2D eigenvalue weighted by Crippen LogP contribution is 2.17. The molecule has 1 saturated heterocycles. The number of nitrogens with one attached hydrogen (secondary N) is 1. The van der Waals surface area contributed by atoms with Gasteiger partial charge in [0.15, 0.2) is 0 Å². The van der Waals surface area contributed by atoms with Crippen molar-refractivity contribution in [2.24, 2.45) is 0 Å². The van der Waals surface area contributed by atoms with Gasteiger partial charge in [-0.3, -0.25) is 4.90 Å². The average molecular weight is 333 g/mol. The fourth-order valence-electron chi connectivity index (χ4n) is 2.85. The molecule has 0 atom stereocenters. The number of amides is 2. The van der Waals surface area contributed by atoms with Crippen molar-refractivity contribution in [3.63, 3.8) is 0 Å². The number of carbonyl (C=O) groups excluding carboxylic acids is 1. The average Bonchev–Trinajstić information content (AvgIpc) is 2.57.